The number of nitrogens with zero attached hydrogens (tertiary/aromatic N) is 6. The molecule has 0 aliphatic carbocycles. The molecule has 0 bridgehead atoms. The lowest BCUT2D eigenvalue weighted by atomic mass is 10.0. The Hall–Kier alpha value is -4.58. The first kappa shape index (κ1) is 28.0. The van der Waals surface area contributed by atoms with Gasteiger partial charge in [-0.25, -0.2) is 9.97 Å². The number of anilines is 4. The van der Waals surface area contributed by atoms with Crippen LogP contribution in [0.3, 0.4) is 0 Å². The summed E-state index contributed by atoms with van der Waals surface area (Å²) in [4.78, 5) is 34.4. The van der Waals surface area contributed by atoms with Gasteiger partial charge in [-0.1, -0.05) is 6.92 Å². The average molecular weight is 563 g/mol. The van der Waals surface area contributed by atoms with Gasteiger partial charge >= 0.3 is 6.18 Å². The number of carbonyl (C=O) groups excluding carboxylic acids is 1. The average Bonchev–Trinajstić information content (AvgIpc) is 2.99. The van der Waals surface area contributed by atoms with Gasteiger partial charge in [0.05, 0.1) is 40.1 Å². The van der Waals surface area contributed by atoms with Gasteiger partial charge in [0.25, 0.3) is 5.91 Å². The first-order chi connectivity index (χ1) is 19.7. The normalized spacial score (nSPS) is 14.1. The number of aromatic nitrogens is 4. The van der Waals surface area contributed by atoms with Gasteiger partial charge in [0, 0.05) is 56.0 Å². The molecule has 0 saturated carbocycles. The lowest BCUT2D eigenvalue weighted by Crippen LogP contribution is -2.46. The standard InChI is InChI=1S/C29H29F3N8O/c1-3-39-11-13-40(14-12-39)22-6-7-23(24(16-22)29(30,31)32)27(41)36-21-15-26(19(2)35-18-21)38-28-34-10-8-25(37-28)20-5-4-9-33-17-20/h4-10,15-18H,3,11-14H2,1-2H3,(H,36,41)(H,34,37,38). The molecule has 0 spiro atoms. The minimum absolute atomic E-state index is 0.222. The molecule has 4 heterocycles. The van der Waals surface area contributed by atoms with Crippen molar-refractivity contribution in [1.29, 1.82) is 0 Å². The molecule has 1 amide bonds. The highest BCUT2D eigenvalue weighted by atomic mass is 19.4. The minimum Gasteiger partial charge on any atom is -0.369 e. The van der Waals surface area contributed by atoms with Gasteiger partial charge in [-0.3, -0.25) is 14.8 Å². The molecule has 212 valence electrons. The maximum Gasteiger partial charge on any atom is 0.417 e. The fraction of sp³-hybridized carbons (Fsp3) is 0.276. The predicted octanol–water partition coefficient (Wildman–Crippen LogP) is 5.40. The van der Waals surface area contributed by atoms with Crippen LogP contribution < -0.4 is 15.5 Å². The maximum atomic E-state index is 14.1. The lowest BCUT2D eigenvalue weighted by molar-refractivity contribution is -0.137. The molecular weight excluding hydrogens is 533 g/mol. The zero-order chi connectivity index (χ0) is 29.0. The largest absolute Gasteiger partial charge is 0.417 e. The van der Waals surface area contributed by atoms with Crippen LogP contribution in [-0.2, 0) is 6.18 Å². The van der Waals surface area contributed by atoms with Gasteiger partial charge < -0.3 is 20.4 Å². The first-order valence-corrected chi connectivity index (χ1v) is 13.2. The molecule has 1 aliphatic rings. The maximum absolute atomic E-state index is 14.1. The van der Waals surface area contributed by atoms with Gasteiger partial charge in [-0.05, 0) is 55.9 Å². The van der Waals surface area contributed by atoms with E-state index in [9.17, 15) is 18.0 Å². The van der Waals surface area contributed by atoms with Crippen LogP contribution in [0.15, 0.2) is 67.3 Å². The van der Waals surface area contributed by atoms with Crippen LogP contribution in [0.5, 0.6) is 0 Å². The molecule has 2 N–H and O–H groups in total. The van der Waals surface area contributed by atoms with Gasteiger partial charge in [0.15, 0.2) is 0 Å². The summed E-state index contributed by atoms with van der Waals surface area (Å²) in [6.07, 6.45) is 1.63. The fourth-order valence-corrected chi connectivity index (χ4v) is 4.62. The Kier molecular flexibility index (Phi) is 8.11. The van der Waals surface area contributed by atoms with E-state index in [-0.39, 0.29) is 11.6 Å². The number of hydrogen-bond acceptors (Lipinski definition) is 8. The summed E-state index contributed by atoms with van der Waals surface area (Å²) in [5.74, 6) is -0.597. The SMILES string of the molecule is CCN1CCN(c2ccc(C(=O)Nc3cnc(C)c(Nc4nccc(-c5cccnc5)n4)c3)c(C(F)(F)F)c2)CC1. The third-order valence-corrected chi connectivity index (χ3v) is 6.94. The summed E-state index contributed by atoms with van der Waals surface area (Å²) in [6.45, 7) is 7.50. The van der Waals surface area contributed by atoms with Crippen molar-refractivity contribution in [3.05, 3.63) is 84.1 Å². The highest BCUT2D eigenvalue weighted by molar-refractivity contribution is 6.06. The molecule has 5 rings (SSSR count). The second-order valence-electron chi connectivity index (χ2n) is 9.59. The zero-order valence-electron chi connectivity index (χ0n) is 22.6. The van der Waals surface area contributed by atoms with E-state index in [2.05, 4.69) is 42.4 Å². The summed E-state index contributed by atoms with van der Waals surface area (Å²) in [6, 6.07) is 10.9. The van der Waals surface area contributed by atoms with Crippen LogP contribution in [0.2, 0.25) is 0 Å². The Balaban J connectivity index is 1.35. The number of hydrogen-bond donors (Lipinski definition) is 2. The molecule has 0 atom stereocenters. The number of benzene rings is 1. The molecule has 1 saturated heterocycles. The number of alkyl halides is 3. The smallest absolute Gasteiger partial charge is 0.369 e. The predicted molar refractivity (Wildman–Crippen MR) is 151 cm³/mol. The Morgan fingerprint density at radius 2 is 1.80 bits per heavy atom. The number of likely N-dealkylation sites (N-methyl/N-ethyl adjacent to an activating group) is 1. The van der Waals surface area contributed by atoms with Crippen molar-refractivity contribution in [3.8, 4) is 11.3 Å². The Morgan fingerprint density at radius 3 is 2.51 bits per heavy atom. The van der Waals surface area contributed by atoms with E-state index in [1.807, 2.05) is 11.0 Å². The topological polar surface area (TPSA) is 99.2 Å². The molecule has 0 radical (unpaired) electrons. The van der Waals surface area contributed by atoms with E-state index in [1.54, 1.807) is 49.8 Å². The number of pyridine rings is 2. The van der Waals surface area contributed by atoms with Crippen molar-refractivity contribution >= 4 is 28.9 Å². The van der Waals surface area contributed by atoms with E-state index in [0.717, 1.165) is 31.3 Å². The molecule has 3 aromatic heterocycles. The van der Waals surface area contributed by atoms with Crippen LogP contribution in [0.4, 0.5) is 36.2 Å². The Bertz CT molecular complexity index is 1520. The molecule has 1 aliphatic heterocycles. The summed E-state index contributed by atoms with van der Waals surface area (Å²) in [5, 5.41) is 5.64. The minimum atomic E-state index is -4.71. The third kappa shape index (κ3) is 6.60. The number of nitrogens with one attached hydrogen (secondary N) is 2. The van der Waals surface area contributed by atoms with Crippen LogP contribution >= 0.6 is 0 Å². The molecule has 41 heavy (non-hydrogen) atoms. The van der Waals surface area contributed by atoms with Crippen molar-refractivity contribution in [1.82, 2.24) is 24.8 Å². The molecule has 12 heteroatoms. The van der Waals surface area contributed by atoms with Crippen LogP contribution in [0.25, 0.3) is 11.3 Å². The summed E-state index contributed by atoms with van der Waals surface area (Å²) >= 11 is 0. The highest BCUT2D eigenvalue weighted by Gasteiger charge is 2.36. The van der Waals surface area contributed by atoms with E-state index in [1.165, 1.54) is 12.3 Å². The van der Waals surface area contributed by atoms with Crippen LogP contribution in [-0.4, -0.2) is 63.5 Å². The molecule has 4 aromatic rings. The number of halogens is 3. The van der Waals surface area contributed by atoms with Crippen molar-refractivity contribution in [2.24, 2.45) is 0 Å². The van der Waals surface area contributed by atoms with Gasteiger partial charge in [-0.15, -0.1) is 0 Å². The number of rotatable bonds is 7. The van der Waals surface area contributed by atoms with Gasteiger partial charge in [0.1, 0.15) is 0 Å². The number of piperazine rings is 1. The van der Waals surface area contributed by atoms with Crippen molar-refractivity contribution in [2.75, 3.05) is 48.3 Å². The number of carbonyl (C=O) groups is 1. The van der Waals surface area contributed by atoms with Crippen molar-refractivity contribution < 1.29 is 18.0 Å². The van der Waals surface area contributed by atoms with Crippen LogP contribution in [0.1, 0.15) is 28.5 Å². The number of amides is 1. The molecule has 1 aromatic carbocycles. The second kappa shape index (κ2) is 11.9. The fourth-order valence-electron chi connectivity index (χ4n) is 4.62. The number of aryl methyl sites for hydroxylation is 1. The molecule has 1 fully saturated rings. The zero-order valence-corrected chi connectivity index (χ0v) is 22.6. The summed E-state index contributed by atoms with van der Waals surface area (Å²) in [7, 11) is 0. The van der Waals surface area contributed by atoms with Crippen LogP contribution in [0, 0.1) is 6.92 Å². The van der Waals surface area contributed by atoms with E-state index >= 15 is 0 Å². The van der Waals surface area contributed by atoms with Crippen molar-refractivity contribution in [3.63, 3.8) is 0 Å². The first-order valence-electron chi connectivity index (χ1n) is 13.2. The van der Waals surface area contributed by atoms with E-state index in [0.29, 0.717) is 35.9 Å². The van der Waals surface area contributed by atoms with Gasteiger partial charge in [-0.2, -0.15) is 13.2 Å². The Labute approximate surface area is 235 Å². The van der Waals surface area contributed by atoms with Gasteiger partial charge in [0.2, 0.25) is 5.95 Å². The quantitative estimate of drug-likeness (QED) is 0.309. The molecular formula is C29H29F3N8O. The summed E-state index contributed by atoms with van der Waals surface area (Å²) in [5.41, 5.74) is 1.76. The highest BCUT2D eigenvalue weighted by Crippen LogP contribution is 2.35. The third-order valence-electron chi connectivity index (χ3n) is 6.94. The monoisotopic (exact) mass is 562 g/mol. The molecule has 0 unspecified atom stereocenters. The lowest BCUT2D eigenvalue weighted by Gasteiger charge is -2.35. The van der Waals surface area contributed by atoms with E-state index in [4.69, 9.17) is 0 Å². The molecule has 9 nitrogen and oxygen atoms in total. The van der Waals surface area contributed by atoms with E-state index < -0.39 is 23.2 Å². The summed E-state index contributed by atoms with van der Waals surface area (Å²) < 4.78 is 42.2. The second-order valence-corrected chi connectivity index (χ2v) is 9.59. The Morgan fingerprint density at radius 1 is 1.00 bits per heavy atom. The van der Waals surface area contributed by atoms with Crippen molar-refractivity contribution in [2.45, 2.75) is 20.0 Å².